The number of carbonyl (C=O) groups is 1. The number of amides is 1. The van der Waals surface area contributed by atoms with Crippen LogP contribution in [0.1, 0.15) is 5.56 Å². The number of fused-ring (bicyclic) bond motifs is 2. The van der Waals surface area contributed by atoms with Crippen LogP contribution in [0.3, 0.4) is 0 Å². The molecule has 0 saturated carbocycles. The van der Waals surface area contributed by atoms with Crippen molar-refractivity contribution < 1.29 is 31.1 Å². The van der Waals surface area contributed by atoms with E-state index >= 15 is 0 Å². The van der Waals surface area contributed by atoms with E-state index in [1.807, 2.05) is 0 Å². The molecule has 136 valence electrons. The molecule has 3 aliphatic heterocycles. The SMILES string of the molecule is O=C(C1Nc2cc(C(F)(F)F)ccc2S(=O)(=O)N1)N1C[C@@H]2COC[C@@H]21. The number of alkyl halides is 3. The van der Waals surface area contributed by atoms with Crippen LogP contribution in [0.15, 0.2) is 23.1 Å². The van der Waals surface area contributed by atoms with Crippen LogP contribution in [0, 0.1) is 5.92 Å². The molecule has 0 bridgehead atoms. The molecule has 2 N–H and O–H groups in total. The van der Waals surface area contributed by atoms with E-state index in [0.29, 0.717) is 31.9 Å². The van der Waals surface area contributed by atoms with Crippen LogP contribution in [-0.4, -0.2) is 51.2 Å². The molecule has 0 radical (unpaired) electrons. The molecule has 0 spiro atoms. The molecule has 3 atom stereocenters. The van der Waals surface area contributed by atoms with Crippen LogP contribution in [0.5, 0.6) is 0 Å². The smallest absolute Gasteiger partial charge is 0.379 e. The molecule has 0 aromatic heterocycles. The molecule has 1 aromatic rings. The Balaban J connectivity index is 1.63. The average Bonchev–Trinajstić information content (AvgIpc) is 2.86. The molecule has 7 nitrogen and oxygen atoms in total. The van der Waals surface area contributed by atoms with Crippen molar-refractivity contribution in [1.82, 2.24) is 9.62 Å². The van der Waals surface area contributed by atoms with Gasteiger partial charge in [-0.1, -0.05) is 0 Å². The van der Waals surface area contributed by atoms with Crippen molar-refractivity contribution in [2.24, 2.45) is 5.92 Å². The van der Waals surface area contributed by atoms with Gasteiger partial charge in [0.2, 0.25) is 10.0 Å². The number of hydrogen-bond donors (Lipinski definition) is 2. The zero-order valence-corrected chi connectivity index (χ0v) is 13.5. The van der Waals surface area contributed by atoms with E-state index in [2.05, 4.69) is 10.0 Å². The van der Waals surface area contributed by atoms with Crippen molar-refractivity contribution in [2.75, 3.05) is 25.1 Å². The van der Waals surface area contributed by atoms with Crippen molar-refractivity contribution in [1.29, 1.82) is 0 Å². The lowest BCUT2D eigenvalue weighted by molar-refractivity contribution is -0.142. The van der Waals surface area contributed by atoms with Gasteiger partial charge in [0.05, 0.1) is 30.5 Å². The van der Waals surface area contributed by atoms with E-state index in [4.69, 9.17) is 4.74 Å². The lowest BCUT2D eigenvalue weighted by Crippen LogP contribution is -2.64. The van der Waals surface area contributed by atoms with Crippen LogP contribution < -0.4 is 10.0 Å². The lowest BCUT2D eigenvalue weighted by Gasteiger charge is -2.45. The number of nitrogens with one attached hydrogen (secondary N) is 2. The Kier molecular flexibility index (Phi) is 3.54. The Hall–Kier alpha value is -1.85. The zero-order chi connectivity index (χ0) is 18.0. The fraction of sp³-hybridized carbons (Fsp3) is 0.500. The summed E-state index contributed by atoms with van der Waals surface area (Å²) < 4.78 is 70.6. The summed E-state index contributed by atoms with van der Waals surface area (Å²) in [5.74, 6) is -0.299. The maximum Gasteiger partial charge on any atom is 0.416 e. The molecule has 25 heavy (non-hydrogen) atoms. The van der Waals surface area contributed by atoms with Gasteiger partial charge in [-0.2, -0.15) is 17.9 Å². The van der Waals surface area contributed by atoms with Gasteiger partial charge >= 0.3 is 6.18 Å². The Labute approximate surface area is 141 Å². The first-order valence-electron chi connectivity index (χ1n) is 7.55. The highest BCUT2D eigenvalue weighted by molar-refractivity contribution is 7.89. The van der Waals surface area contributed by atoms with Gasteiger partial charge in [0, 0.05) is 12.5 Å². The third-order valence-electron chi connectivity index (χ3n) is 4.70. The number of hydrogen-bond acceptors (Lipinski definition) is 5. The largest absolute Gasteiger partial charge is 0.416 e. The van der Waals surface area contributed by atoms with E-state index in [1.165, 1.54) is 4.90 Å². The van der Waals surface area contributed by atoms with Crippen LogP contribution in [0.2, 0.25) is 0 Å². The number of carbonyl (C=O) groups excluding carboxylic acids is 1. The summed E-state index contributed by atoms with van der Waals surface area (Å²) in [5.41, 5.74) is -1.23. The summed E-state index contributed by atoms with van der Waals surface area (Å²) in [6.45, 7) is 1.37. The van der Waals surface area contributed by atoms with Gasteiger partial charge in [0.1, 0.15) is 4.90 Å². The molecule has 2 fully saturated rings. The summed E-state index contributed by atoms with van der Waals surface area (Å²) in [6, 6.07) is 2.16. The highest BCUT2D eigenvalue weighted by Gasteiger charge is 2.48. The zero-order valence-electron chi connectivity index (χ0n) is 12.7. The standard InChI is InChI=1S/C14H14F3N3O4S/c15-14(16,17)8-1-2-11-9(3-8)18-12(19-25(11,22)23)13(21)20-4-7-5-24-6-10(7)20/h1-3,7,10,12,18-19H,4-6H2/t7-,10+,12?/m1/s1. The van der Waals surface area contributed by atoms with Gasteiger partial charge in [-0.25, -0.2) is 8.42 Å². The monoisotopic (exact) mass is 377 g/mol. The Morgan fingerprint density at radius 3 is 2.72 bits per heavy atom. The third kappa shape index (κ3) is 2.66. The van der Waals surface area contributed by atoms with Crippen molar-refractivity contribution in [2.45, 2.75) is 23.3 Å². The predicted octanol–water partition coefficient (Wildman–Crippen LogP) is 0.592. The Morgan fingerprint density at radius 1 is 1.28 bits per heavy atom. The summed E-state index contributed by atoms with van der Waals surface area (Å²) in [5, 5.41) is 2.57. The Morgan fingerprint density at radius 2 is 2.04 bits per heavy atom. The van der Waals surface area contributed by atoms with Crippen molar-refractivity contribution in [3.05, 3.63) is 23.8 Å². The molecule has 3 aliphatic rings. The average molecular weight is 377 g/mol. The first-order chi connectivity index (χ1) is 11.7. The highest BCUT2D eigenvalue weighted by atomic mass is 32.2. The highest BCUT2D eigenvalue weighted by Crippen LogP contribution is 2.36. The Bertz CT molecular complexity index is 842. The molecule has 1 aromatic carbocycles. The maximum atomic E-state index is 12.9. The van der Waals surface area contributed by atoms with Gasteiger partial charge in [0.25, 0.3) is 5.91 Å². The second-order valence-electron chi connectivity index (χ2n) is 6.26. The minimum Gasteiger partial charge on any atom is -0.379 e. The molecule has 1 unspecified atom stereocenters. The number of likely N-dealkylation sites (tertiary alicyclic amines) is 1. The van der Waals surface area contributed by atoms with E-state index in [0.717, 1.165) is 6.07 Å². The molecule has 1 amide bonds. The number of rotatable bonds is 1. The van der Waals surface area contributed by atoms with Gasteiger partial charge in [0.15, 0.2) is 6.17 Å². The van der Waals surface area contributed by atoms with E-state index in [9.17, 15) is 26.4 Å². The number of ether oxygens (including phenoxy) is 1. The molecule has 3 heterocycles. The van der Waals surface area contributed by atoms with Crippen LogP contribution in [0.25, 0.3) is 0 Å². The fourth-order valence-electron chi connectivity index (χ4n) is 3.34. The van der Waals surface area contributed by atoms with Crippen LogP contribution in [0.4, 0.5) is 18.9 Å². The van der Waals surface area contributed by atoms with Crippen molar-refractivity contribution >= 4 is 21.6 Å². The number of sulfonamides is 1. The van der Waals surface area contributed by atoms with Gasteiger partial charge in [-0.05, 0) is 18.2 Å². The quantitative estimate of drug-likeness (QED) is 0.748. The van der Waals surface area contributed by atoms with Crippen LogP contribution in [-0.2, 0) is 25.7 Å². The molecular weight excluding hydrogens is 363 g/mol. The fourth-order valence-corrected chi connectivity index (χ4v) is 4.60. The second-order valence-corrected chi connectivity index (χ2v) is 7.95. The lowest BCUT2D eigenvalue weighted by atomic mass is 9.91. The third-order valence-corrected chi connectivity index (χ3v) is 6.18. The van der Waals surface area contributed by atoms with Gasteiger partial charge in [-0.15, -0.1) is 0 Å². The first kappa shape index (κ1) is 16.6. The number of anilines is 1. The second kappa shape index (κ2) is 5.32. The minimum absolute atomic E-state index is 0.110. The molecule has 2 saturated heterocycles. The number of nitrogens with zero attached hydrogens (tertiary/aromatic N) is 1. The van der Waals surface area contributed by atoms with E-state index in [-0.39, 0.29) is 22.5 Å². The first-order valence-corrected chi connectivity index (χ1v) is 9.03. The predicted molar refractivity (Wildman–Crippen MR) is 79.0 cm³/mol. The van der Waals surface area contributed by atoms with Crippen LogP contribution >= 0.6 is 0 Å². The van der Waals surface area contributed by atoms with E-state index < -0.39 is 33.8 Å². The van der Waals surface area contributed by atoms with Crippen molar-refractivity contribution in [3.63, 3.8) is 0 Å². The maximum absolute atomic E-state index is 12.9. The molecule has 11 heteroatoms. The normalized spacial score (nSPS) is 30.0. The van der Waals surface area contributed by atoms with Gasteiger partial charge in [-0.3, -0.25) is 4.79 Å². The summed E-state index contributed by atoms with van der Waals surface area (Å²) in [7, 11) is -4.10. The minimum atomic E-state index is -4.61. The topological polar surface area (TPSA) is 87.7 Å². The molecule has 0 aliphatic carbocycles. The molecular formula is C14H14F3N3O4S. The number of halogens is 3. The summed E-state index contributed by atoms with van der Waals surface area (Å²) in [6.07, 6.45) is -5.96. The van der Waals surface area contributed by atoms with E-state index in [1.54, 1.807) is 0 Å². The van der Waals surface area contributed by atoms with Crippen molar-refractivity contribution in [3.8, 4) is 0 Å². The summed E-state index contributed by atoms with van der Waals surface area (Å²) in [4.78, 5) is 13.7. The van der Waals surface area contributed by atoms with Gasteiger partial charge < -0.3 is 15.0 Å². The summed E-state index contributed by atoms with van der Waals surface area (Å²) >= 11 is 0. The molecule has 4 rings (SSSR count). The number of benzene rings is 1.